The molecule has 2 heteroatoms. The van der Waals surface area contributed by atoms with E-state index in [1.165, 1.54) is 0 Å². The first kappa shape index (κ1) is 6.05. The third-order valence-corrected chi connectivity index (χ3v) is 2.00. The Balaban J connectivity index is 2.25. The summed E-state index contributed by atoms with van der Waals surface area (Å²) < 4.78 is 5.13. The van der Waals surface area contributed by atoms with E-state index in [9.17, 15) is 0 Å². The molecule has 0 N–H and O–H groups in total. The van der Waals surface area contributed by atoms with E-state index < -0.39 is 0 Å². The number of rotatable bonds is 1. The number of likely N-dealkylation sites (N-methyl/N-ethyl adjacent to an activating group) is 1. The van der Waals surface area contributed by atoms with Gasteiger partial charge in [-0.1, -0.05) is 0 Å². The van der Waals surface area contributed by atoms with Gasteiger partial charge in [0.2, 0.25) is 0 Å². The molecule has 1 heterocycles. The molecule has 0 spiro atoms. The van der Waals surface area contributed by atoms with Crippen LogP contribution in [0, 0.1) is 0 Å². The summed E-state index contributed by atoms with van der Waals surface area (Å²) in [4.78, 5) is 2.27. The van der Waals surface area contributed by atoms with Crippen molar-refractivity contribution in [1.82, 2.24) is 4.90 Å². The lowest BCUT2D eigenvalue weighted by Crippen LogP contribution is -2.56. The van der Waals surface area contributed by atoms with Gasteiger partial charge in [0, 0.05) is 19.7 Å². The highest BCUT2D eigenvalue weighted by molar-refractivity contribution is 4.86. The molecule has 2 nitrogen and oxygen atoms in total. The first-order valence-corrected chi connectivity index (χ1v) is 2.98. The lowest BCUT2D eigenvalue weighted by Gasteiger charge is -2.42. The van der Waals surface area contributed by atoms with E-state index in [1.54, 1.807) is 7.11 Å². The van der Waals surface area contributed by atoms with Crippen LogP contribution in [0.2, 0.25) is 0 Å². The second-order valence-electron chi connectivity index (χ2n) is 2.45. The minimum atomic E-state index is 0.486. The van der Waals surface area contributed by atoms with Crippen molar-refractivity contribution in [3.8, 4) is 0 Å². The van der Waals surface area contributed by atoms with E-state index in [2.05, 4.69) is 18.9 Å². The Kier molecular flexibility index (Phi) is 1.54. The van der Waals surface area contributed by atoms with Gasteiger partial charge in [0.1, 0.15) is 0 Å². The van der Waals surface area contributed by atoms with Gasteiger partial charge in [-0.3, -0.25) is 4.90 Å². The smallest absolute Gasteiger partial charge is 0.0850 e. The molecule has 0 bridgehead atoms. The van der Waals surface area contributed by atoms with Crippen molar-refractivity contribution in [2.24, 2.45) is 0 Å². The predicted molar refractivity (Wildman–Crippen MR) is 32.9 cm³/mol. The van der Waals surface area contributed by atoms with Crippen molar-refractivity contribution in [3.63, 3.8) is 0 Å². The van der Waals surface area contributed by atoms with Crippen molar-refractivity contribution in [3.05, 3.63) is 0 Å². The van der Waals surface area contributed by atoms with Crippen molar-refractivity contribution in [2.75, 3.05) is 20.7 Å². The fourth-order valence-corrected chi connectivity index (χ4v) is 1.02. The number of nitrogens with zero attached hydrogens (tertiary/aromatic N) is 1. The monoisotopic (exact) mass is 115 g/mol. The molecule has 1 fully saturated rings. The fourth-order valence-electron chi connectivity index (χ4n) is 1.02. The first-order valence-electron chi connectivity index (χ1n) is 2.98. The molecular formula is C6H13NO. The average Bonchev–Trinajstić information content (AvgIpc) is 1.81. The highest BCUT2D eigenvalue weighted by atomic mass is 16.5. The van der Waals surface area contributed by atoms with E-state index in [0.717, 1.165) is 6.54 Å². The normalized spacial score (nSPS) is 39.4. The molecule has 2 atom stereocenters. The largest absolute Gasteiger partial charge is 0.379 e. The minimum Gasteiger partial charge on any atom is -0.379 e. The van der Waals surface area contributed by atoms with Crippen LogP contribution < -0.4 is 0 Å². The van der Waals surface area contributed by atoms with Crippen LogP contribution in [0.15, 0.2) is 0 Å². The lowest BCUT2D eigenvalue weighted by molar-refractivity contribution is -0.0627. The van der Waals surface area contributed by atoms with Crippen molar-refractivity contribution in [1.29, 1.82) is 0 Å². The minimum absolute atomic E-state index is 0.486. The molecule has 1 saturated heterocycles. The fraction of sp³-hybridized carbons (Fsp3) is 1.00. The quantitative estimate of drug-likeness (QED) is 0.488. The summed E-state index contributed by atoms with van der Waals surface area (Å²) in [6, 6.07) is 0.625. The van der Waals surface area contributed by atoms with Crippen LogP contribution in [-0.4, -0.2) is 37.7 Å². The van der Waals surface area contributed by atoms with E-state index in [4.69, 9.17) is 4.74 Å². The molecule has 0 saturated carbocycles. The van der Waals surface area contributed by atoms with Crippen molar-refractivity contribution >= 4 is 0 Å². The topological polar surface area (TPSA) is 12.5 Å². The van der Waals surface area contributed by atoms with Gasteiger partial charge in [-0.15, -0.1) is 0 Å². The molecule has 48 valence electrons. The maximum atomic E-state index is 5.13. The van der Waals surface area contributed by atoms with Gasteiger partial charge in [-0.05, 0) is 14.0 Å². The molecule has 0 aromatic carbocycles. The Morgan fingerprint density at radius 2 is 2.25 bits per heavy atom. The van der Waals surface area contributed by atoms with Crippen LogP contribution in [0.1, 0.15) is 6.92 Å². The SMILES string of the molecule is CO[C@H]1CN(C)[C@H]1C. The molecule has 0 aromatic heterocycles. The summed E-state index contributed by atoms with van der Waals surface area (Å²) in [6.45, 7) is 3.27. The number of ether oxygens (including phenoxy) is 1. The van der Waals surface area contributed by atoms with Gasteiger partial charge >= 0.3 is 0 Å². The number of methoxy groups -OCH3 is 1. The number of hydrogen-bond acceptors (Lipinski definition) is 2. The van der Waals surface area contributed by atoms with E-state index >= 15 is 0 Å². The molecule has 1 rings (SSSR count). The summed E-state index contributed by atoms with van der Waals surface area (Å²) in [5, 5.41) is 0. The van der Waals surface area contributed by atoms with E-state index in [0.29, 0.717) is 12.1 Å². The molecular weight excluding hydrogens is 102 g/mol. The first-order chi connectivity index (χ1) is 3.75. The maximum absolute atomic E-state index is 5.13. The summed E-state index contributed by atoms with van der Waals surface area (Å²) in [6.07, 6.45) is 0.486. The third kappa shape index (κ3) is 0.740. The van der Waals surface area contributed by atoms with Crippen molar-refractivity contribution in [2.45, 2.75) is 19.1 Å². The second kappa shape index (κ2) is 2.03. The molecule has 0 aromatic rings. The Hall–Kier alpha value is -0.0800. The zero-order valence-electron chi connectivity index (χ0n) is 5.72. The molecule has 0 amide bonds. The summed E-state index contributed by atoms with van der Waals surface area (Å²) >= 11 is 0. The summed E-state index contributed by atoms with van der Waals surface area (Å²) in [5.41, 5.74) is 0. The van der Waals surface area contributed by atoms with Gasteiger partial charge in [-0.25, -0.2) is 0 Å². The Bertz CT molecular complexity index is 84.6. The molecule has 1 aliphatic heterocycles. The summed E-state index contributed by atoms with van der Waals surface area (Å²) in [7, 11) is 3.88. The van der Waals surface area contributed by atoms with Crippen LogP contribution in [0.25, 0.3) is 0 Å². The van der Waals surface area contributed by atoms with Gasteiger partial charge in [0.05, 0.1) is 6.10 Å². The lowest BCUT2D eigenvalue weighted by atomic mass is 10.0. The van der Waals surface area contributed by atoms with Crippen LogP contribution in [-0.2, 0) is 4.74 Å². The molecule has 0 radical (unpaired) electrons. The Morgan fingerprint density at radius 3 is 2.38 bits per heavy atom. The van der Waals surface area contributed by atoms with E-state index in [1.807, 2.05) is 0 Å². The predicted octanol–water partition coefficient (Wildman–Crippen LogP) is 0.335. The molecule has 0 unspecified atom stereocenters. The Morgan fingerprint density at radius 1 is 1.62 bits per heavy atom. The highest BCUT2D eigenvalue weighted by Gasteiger charge is 2.31. The summed E-state index contributed by atoms with van der Waals surface area (Å²) in [5.74, 6) is 0. The van der Waals surface area contributed by atoms with E-state index in [-0.39, 0.29) is 0 Å². The second-order valence-corrected chi connectivity index (χ2v) is 2.45. The van der Waals surface area contributed by atoms with Crippen LogP contribution in [0.4, 0.5) is 0 Å². The molecule has 1 aliphatic rings. The van der Waals surface area contributed by atoms with Crippen LogP contribution in [0.3, 0.4) is 0 Å². The third-order valence-electron chi connectivity index (χ3n) is 2.00. The van der Waals surface area contributed by atoms with Crippen molar-refractivity contribution < 1.29 is 4.74 Å². The van der Waals surface area contributed by atoms with Gasteiger partial charge in [0.25, 0.3) is 0 Å². The Labute approximate surface area is 50.4 Å². The molecule has 8 heavy (non-hydrogen) atoms. The molecule has 0 aliphatic carbocycles. The standard InChI is InChI=1S/C6H13NO/c1-5-6(8-3)4-7(5)2/h5-6H,4H2,1-3H3/t5-,6-/m0/s1. The average molecular weight is 115 g/mol. The van der Waals surface area contributed by atoms with Crippen LogP contribution >= 0.6 is 0 Å². The maximum Gasteiger partial charge on any atom is 0.0850 e. The van der Waals surface area contributed by atoms with Crippen LogP contribution in [0.5, 0.6) is 0 Å². The van der Waals surface area contributed by atoms with Gasteiger partial charge < -0.3 is 4.74 Å². The van der Waals surface area contributed by atoms with Gasteiger partial charge in [-0.2, -0.15) is 0 Å². The number of likely N-dealkylation sites (tertiary alicyclic amines) is 1. The number of hydrogen-bond donors (Lipinski definition) is 0. The highest BCUT2D eigenvalue weighted by Crippen LogP contribution is 2.16. The zero-order valence-corrected chi connectivity index (χ0v) is 5.72. The zero-order chi connectivity index (χ0) is 6.15. The van der Waals surface area contributed by atoms with Gasteiger partial charge in [0.15, 0.2) is 0 Å².